The van der Waals surface area contributed by atoms with Crippen LogP contribution in [-0.4, -0.2) is 0 Å². The minimum atomic E-state index is -0.112. The van der Waals surface area contributed by atoms with Gasteiger partial charge in [0.2, 0.25) is 0 Å². The van der Waals surface area contributed by atoms with Crippen LogP contribution < -0.4 is 4.90 Å². The Bertz CT molecular complexity index is 2950. The van der Waals surface area contributed by atoms with Crippen molar-refractivity contribution in [3.63, 3.8) is 0 Å². The highest BCUT2D eigenvalue weighted by Gasteiger charge is 2.36. The third-order valence-electron chi connectivity index (χ3n) is 12.2. The van der Waals surface area contributed by atoms with E-state index in [9.17, 15) is 0 Å². The van der Waals surface area contributed by atoms with Gasteiger partial charge in [-0.15, -0.1) is 0 Å². The fourth-order valence-corrected chi connectivity index (χ4v) is 9.13. The molecule has 0 saturated carbocycles. The number of anilines is 3. The molecule has 0 saturated heterocycles. The number of hydrogen-bond acceptors (Lipinski definition) is 1. The van der Waals surface area contributed by atoms with Gasteiger partial charge in [-0.05, 0) is 125 Å². The molecule has 1 nitrogen and oxygen atoms in total. The van der Waals surface area contributed by atoms with Crippen LogP contribution in [-0.2, 0) is 10.8 Å². The van der Waals surface area contributed by atoms with Gasteiger partial charge in [-0.1, -0.05) is 174 Å². The van der Waals surface area contributed by atoms with Gasteiger partial charge in [0, 0.05) is 22.4 Å². The molecular formula is C55H45N. The third-order valence-corrected chi connectivity index (χ3v) is 12.2. The molecule has 0 atom stereocenters. The lowest BCUT2D eigenvalue weighted by Gasteiger charge is -2.30. The lowest BCUT2D eigenvalue weighted by molar-refractivity contribution is 0.590. The van der Waals surface area contributed by atoms with E-state index in [4.69, 9.17) is 0 Å². The van der Waals surface area contributed by atoms with Gasteiger partial charge in [-0.2, -0.15) is 0 Å². The fourth-order valence-electron chi connectivity index (χ4n) is 9.13. The minimum absolute atomic E-state index is 0.112. The Hall–Kier alpha value is -6.44. The largest absolute Gasteiger partial charge is 0.310 e. The fraction of sp³-hybridized carbons (Fsp3) is 0.127. The summed E-state index contributed by atoms with van der Waals surface area (Å²) in [4.78, 5) is 2.49. The first-order valence-corrected chi connectivity index (χ1v) is 19.8. The van der Waals surface area contributed by atoms with Crippen LogP contribution in [0.15, 0.2) is 182 Å². The van der Waals surface area contributed by atoms with Crippen molar-refractivity contribution in [1.29, 1.82) is 0 Å². The van der Waals surface area contributed by atoms with Crippen molar-refractivity contribution in [2.75, 3.05) is 4.90 Å². The van der Waals surface area contributed by atoms with Crippen LogP contribution in [0, 0.1) is 0 Å². The lowest BCUT2D eigenvalue weighted by Crippen LogP contribution is -2.15. The highest BCUT2D eigenvalue weighted by molar-refractivity contribution is 6.11. The third kappa shape index (κ3) is 5.53. The summed E-state index contributed by atoms with van der Waals surface area (Å²) in [6, 6.07) is 67.9. The van der Waals surface area contributed by atoms with E-state index in [2.05, 4.69) is 222 Å². The van der Waals surface area contributed by atoms with Crippen LogP contribution in [0.1, 0.15) is 51.3 Å². The molecule has 1 aliphatic rings. The summed E-state index contributed by atoms with van der Waals surface area (Å²) >= 11 is 0. The number of nitrogens with zero attached hydrogens (tertiary/aromatic N) is 1. The van der Waals surface area contributed by atoms with Crippen molar-refractivity contribution in [3.05, 3.63) is 199 Å². The van der Waals surface area contributed by atoms with Gasteiger partial charge < -0.3 is 4.90 Å². The SMILES string of the molecule is CC(C)(C)c1ccc(-c2ccc(N(c3ccc4c(c3)-c3cc5ccccc5cc3C4(C)C)c3ccc4ccccc4c3-c3cccc4ccccc34)cc2)cc1. The predicted molar refractivity (Wildman–Crippen MR) is 241 cm³/mol. The van der Waals surface area contributed by atoms with E-state index < -0.39 is 0 Å². The van der Waals surface area contributed by atoms with Crippen LogP contribution in [0.25, 0.3) is 65.7 Å². The number of rotatable bonds is 5. The summed E-state index contributed by atoms with van der Waals surface area (Å²) in [6.45, 7) is 11.6. The first kappa shape index (κ1) is 34.1. The Morgan fingerprint density at radius 1 is 0.411 bits per heavy atom. The van der Waals surface area contributed by atoms with Gasteiger partial charge in [0.05, 0.1) is 5.69 Å². The molecule has 0 unspecified atom stereocenters. The van der Waals surface area contributed by atoms with Crippen LogP contribution in [0.4, 0.5) is 17.1 Å². The average molecular weight is 720 g/mol. The molecule has 0 spiro atoms. The molecule has 0 amide bonds. The summed E-state index contributed by atoms with van der Waals surface area (Å²) < 4.78 is 0. The normalized spacial score (nSPS) is 13.2. The molecule has 1 aliphatic carbocycles. The molecule has 0 N–H and O–H groups in total. The molecule has 56 heavy (non-hydrogen) atoms. The zero-order chi connectivity index (χ0) is 38.2. The van der Waals surface area contributed by atoms with Gasteiger partial charge >= 0.3 is 0 Å². The van der Waals surface area contributed by atoms with E-state index in [1.54, 1.807) is 0 Å². The number of hydrogen-bond donors (Lipinski definition) is 0. The second-order valence-corrected chi connectivity index (χ2v) is 17.0. The predicted octanol–water partition coefficient (Wildman–Crippen LogP) is 15.6. The second kappa shape index (κ2) is 12.8. The molecule has 10 rings (SSSR count). The van der Waals surface area contributed by atoms with Crippen molar-refractivity contribution in [1.82, 2.24) is 0 Å². The number of fused-ring (bicyclic) bond motifs is 6. The van der Waals surface area contributed by atoms with Crippen LogP contribution in [0.2, 0.25) is 0 Å². The smallest absolute Gasteiger partial charge is 0.0546 e. The zero-order valence-electron chi connectivity index (χ0n) is 32.8. The number of benzene rings is 9. The molecule has 9 aromatic carbocycles. The van der Waals surface area contributed by atoms with Gasteiger partial charge in [-0.3, -0.25) is 0 Å². The average Bonchev–Trinajstić information content (AvgIpc) is 3.44. The molecule has 1 heteroatoms. The maximum Gasteiger partial charge on any atom is 0.0546 e. The van der Waals surface area contributed by atoms with Crippen LogP contribution in [0.5, 0.6) is 0 Å². The topological polar surface area (TPSA) is 3.24 Å². The summed E-state index contributed by atoms with van der Waals surface area (Å²) in [5.74, 6) is 0. The highest BCUT2D eigenvalue weighted by atomic mass is 15.1. The van der Waals surface area contributed by atoms with Crippen molar-refractivity contribution in [3.8, 4) is 33.4 Å². The maximum atomic E-state index is 2.49. The molecule has 0 fully saturated rings. The Labute approximate surface area is 330 Å². The Morgan fingerprint density at radius 2 is 0.964 bits per heavy atom. The van der Waals surface area contributed by atoms with Gasteiger partial charge in [0.25, 0.3) is 0 Å². The lowest BCUT2D eigenvalue weighted by atomic mass is 9.82. The van der Waals surface area contributed by atoms with Gasteiger partial charge in [0.1, 0.15) is 0 Å². The monoisotopic (exact) mass is 719 g/mol. The van der Waals surface area contributed by atoms with Crippen LogP contribution >= 0.6 is 0 Å². The van der Waals surface area contributed by atoms with E-state index in [0.29, 0.717) is 0 Å². The van der Waals surface area contributed by atoms with Gasteiger partial charge in [-0.25, -0.2) is 0 Å². The van der Waals surface area contributed by atoms with E-state index in [1.807, 2.05) is 0 Å². The van der Waals surface area contributed by atoms with Crippen molar-refractivity contribution in [2.45, 2.75) is 45.4 Å². The van der Waals surface area contributed by atoms with Crippen molar-refractivity contribution in [2.24, 2.45) is 0 Å². The van der Waals surface area contributed by atoms with Gasteiger partial charge in [0.15, 0.2) is 0 Å². The standard InChI is InChI=1S/C55H45N/c1-54(2,3)42-26-21-36(22-27-42)37-23-28-43(29-24-37)56(44-30-31-50-49(35-44)48-33-40-15-6-7-16-41(40)34-51(48)55(50,4)5)52-32-25-39-14-9-11-19-46(39)53(52)47-20-12-17-38-13-8-10-18-45(38)47/h6-35H,1-5H3. The summed E-state index contributed by atoms with van der Waals surface area (Å²) in [7, 11) is 0. The maximum absolute atomic E-state index is 2.49. The van der Waals surface area contributed by atoms with Crippen molar-refractivity contribution >= 4 is 49.4 Å². The zero-order valence-corrected chi connectivity index (χ0v) is 32.8. The first-order valence-electron chi connectivity index (χ1n) is 19.8. The Balaban J connectivity index is 1.21. The highest BCUT2D eigenvalue weighted by Crippen LogP contribution is 2.53. The molecule has 0 heterocycles. The Morgan fingerprint density at radius 3 is 1.66 bits per heavy atom. The molecule has 0 radical (unpaired) electrons. The summed E-state index contributed by atoms with van der Waals surface area (Å²) in [5.41, 5.74) is 15.0. The molecule has 0 aliphatic heterocycles. The molecule has 0 aromatic heterocycles. The Kier molecular flexibility index (Phi) is 7.80. The molecule has 0 bridgehead atoms. The van der Waals surface area contributed by atoms with E-state index >= 15 is 0 Å². The molecular weight excluding hydrogens is 675 g/mol. The molecule has 270 valence electrons. The van der Waals surface area contributed by atoms with E-state index in [1.165, 1.54) is 82.4 Å². The summed E-state index contributed by atoms with van der Waals surface area (Å²) in [5, 5.41) is 7.51. The quantitative estimate of drug-likeness (QED) is 0.171. The van der Waals surface area contributed by atoms with E-state index in [0.717, 1.165) is 17.1 Å². The molecule has 9 aromatic rings. The summed E-state index contributed by atoms with van der Waals surface area (Å²) in [6.07, 6.45) is 0. The first-order chi connectivity index (χ1) is 27.1. The van der Waals surface area contributed by atoms with Crippen LogP contribution in [0.3, 0.4) is 0 Å². The van der Waals surface area contributed by atoms with Crippen molar-refractivity contribution < 1.29 is 0 Å². The minimum Gasteiger partial charge on any atom is -0.310 e. The van der Waals surface area contributed by atoms with E-state index in [-0.39, 0.29) is 10.8 Å². The second-order valence-electron chi connectivity index (χ2n) is 17.0.